The Balaban J connectivity index is 2.29. The SMILES string of the molecule is CCCCCOc1nc(N(C)c2cccc(OC(C)C)c2)ncc1C(F)(F)F. The highest BCUT2D eigenvalue weighted by atomic mass is 19.4. The van der Waals surface area contributed by atoms with Gasteiger partial charge in [0.1, 0.15) is 11.3 Å². The summed E-state index contributed by atoms with van der Waals surface area (Å²) in [7, 11) is 1.68. The number of aromatic nitrogens is 2. The van der Waals surface area contributed by atoms with Gasteiger partial charge in [-0.05, 0) is 32.4 Å². The van der Waals surface area contributed by atoms with Gasteiger partial charge in [0.15, 0.2) is 0 Å². The Morgan fingerprint density at radius 1 is 1.18 bits per heavy atom. The van der Waals surface area contributed by atoms with Gasteiger partial charge >= 0.3 is 6.18 Å². The fraction of sp³-hybridized carbons (Fsp3) is 0.500. The minimum absolute atomic E-state index is 0.00555. The van der Waals surface area contributed by atoms with Crippen molar-refractivity contribution in [1.29, 1.82) is 0 Å². The van der Waals surface area contributed by atoms with E-state index >= 15 is 0 Å². The van der Waals surface area contributed by atoms with Gasteiger partial charge in [-0.15, -0.1) is 0 Å². The van der Waals surface area contributed by atoms with Gasteiger partial charge in [-0.3, -0.25) is 0 Å². The van der Waals surface area contributed by atoms with Gasteiger partial charge in [0.05, 0.1) is 12.7 Å². The number of anilines is 2. The lowest BCUT2D eigenvalue weighted by atomic mass is 10.2. The van der Waals surface area contributed by atoms with Crippen molar-refractivity contribution in [1.82, 2.24) is 9.97 Å². The molecule has 5 nitrogen and oxygen atoms in total. The standard InChI is InChI=1S/C20H26F3N3O2/c1-5-6-7-11-27-18-17(20(21,22)23)13-24-19(25-18)26(4)15-9-8-10-16(12-15)28-14(2)3/h8-10,12-14H,5-7,11H2,1-4H3. The van der Waals surface area contributed by atoms with E-state index in [1.54, 1.807) is 30.1 Å². The molecule has 0 aliphatic carbocycles. The van der Waals surface area contributed by atoms with Crippen LogP contribution in [0.5, 0.6) is 11.6 Å². The first-order valence-corrected chi connectivity index (χ1v) is 9.29. The van der Waals surface area contributed by atoms with Crippen molar-refractivity contribution >= 4 is 11.6 Å². The molecule has 0 fully saturated rings. The smallest absolute Gasteiger partial charge is 0.423 e. The summed E-state index contributed by atoms with van der Waals surface area (Å²) in [5, 5.41) is 0. The predicted molar refractivity (Wildman–Crippen MR) is 102 cm³/mol. The summed E-state index contributed by atoms with van der Waals surface area (Å²) in [5.74, 6) is 0.317. The first kappa shape index (κ1) is 21.8. The van der Waals surface area contributed by atoms with E-state index in [1.165, 1.54) is 0 Å². The maximum absolute atomic E-state index is 13.3. The third kappa shape index (κ3) is 6.00. The van der Waals surface area contributed by atoms with E-state index < -0.39 is 17.6 Å². The lowest BCUT2D eigenvalue weighted by Crippen LogP contribution is -2.17. The Morgan fingerprint density at radius 2 is 1.93 bits per heavy atom. The Labute approximate surface area is 163 Å². The van der Waals surface area contributed by atoms with Crippen LogP contribution in [0.15, 0.2) is 30.5 Å². The number of hydrogen-bond acceptors (Lipinski definition) is 5. The third-order valence-electron chi connectivity index (χ3n) is 3.91. The van der Waals surface area contributed by atoms with Crippen LogP contribution in [0.4, 0.5) is 24.8 Å². The molecule has 1 aromatic heterocycles. The quantitative estimate of drug-likeness (QED) is 0.514. The lowest BCUT2D eigenvalue weighted by molar-refractivity contribution is -0.139. The molecule has 0 saturated heterocycles. The van der Waals surface area contributed by atoms with E-state index in [2.05, 4.69) is 9.97 Å². The maximum atomic E-state index is 13.3. The molecule has 154 valence electrons. The van der Waals surface area contributed by atoms with Gasteiger partial charge in [0.25, 0.3) is 0 Å². The van der Waals surface area contributed by atoms with Crippen molar-refractivity contribution in [3.63, 3.8) is 0 Å². The van der Waals surface area contributed by atoms with Gasteiger partial charge in [-0.2, -0.15) is 18.2 Å². The lowest BCUT2D eigenvalue weighted by Gasteiger charge is -2.20. The van der Waals surface area contributed by atoms with Crippen LogP contribution in [0.25, 0.3) is 0 Å². The van der Waals surface area contributed by atoms with Crippen LogP contribution >= 0.6 is 0 Å². The Kier molecular flexibility index (Phi) is 7.48. The number of unbranched alkanes of at least 4 members (excludes halogenated alkanes) is 2. The molecule has 0 aliphatic heterocycles. The van der Waals surface area contributed by atoms with E-state index in [-0.39, 0.29) is 18.7 Å². The third-order valence-corrected chi connectivity index (χ3v) is 3.91. The number of alkyl halides is 3. The van der Waals surface area contributed by atoms with Gasteiger partial charge in [0, 0.05) is 25.0 Å². The molecule has 1 aromatic carbocycles. The van der Waals surface area contributed by atoms with E-state index in [1.807, 2.05) is 26.8 Å². The molecular formula is C20H26F3N3O2. The zero-order valence-corrected chi connectivity index (χ0v) is 16.6. The molecule has 8 heteroatoms. The monoisotopic (exact) mass is 397 g/mol. The highest BCUT2D eigenvalue weighted by molar-refractivity contribution is 5.59. The minimum atomic E-state index is -4.58. The van der Waals surface area contributed by atoms with E-state index in [4.69, 9.17) is 9.47 Å². The van der Waals surface area contributed by atoms with Crippen molar-refractivity contribution in [2.24, 2.45) is 0 Å². The predicted octanol–water partition coefficient (Wildman–Crippen LogP) is 5.62. The zero-order valence-electron chi connectivity index (χ0n) is 16.6. The van der Waals surface area contributed by atoms with Crippen molar-refractivity contribution in [3.8, 4) is 11.6 Å². The second-order valence-electron chi connectivity index (χ2n) is 6.67. The fourth-order valence-corrected chi connectivity index (χ4v) is 2.50. The summed E-state index contributed by atoms with van der Waals surface area (Å²) >= 11 is 0. The van der Waals surface area contributed by atoms with E-state index in [9.17, 15) is 13.2 Å². The molecule has 2 aromatic rings. The maximum Gasteiger partial charge on any atom is 0.423 e. The summed E-state index contributed by atoms with van der Waals surface area (Å²) in [4.78, 5) is 9.52. The summed E-state index contributed by atoms with van der Waals surface area (Å²) < 4.78 is 50.8. The van der Waals surface area contributed by atoms with Crippen LogP contribution < -0.4 is 14.4 Å². The topological polar surface area (TPSA) is 47.5 Å². The van der Waals surface area contributed by atoms with Crippen LogP contribution in [-0.2, 0) is 6.18 Å². The number of rotatable bonds is 9. The van der Waals surface area contributed by atoms with Gasteiger partial charge in [0.2, 0.25) is 11.8 Å². The van der Waals surface area contributed by atoms with Crippen LogP contribution in [0.2, 0.25) is 0 Å². The van der Waals surface area contributed by atoms with Crippen LogP contribution in [-0.4, -0.2) is 29.7 Å². The summed E-state index contributed by atoms with van der Waals surface area (Å²) in [6.07, 6.45) is -1.32. The Morgan fingerprint density at radius 3 is 2.57 bits per heavy atom. The van der Waals surface area contributed by atoms with Gasteiger partial charge < -0.3 is 14.4 Å². The van der Waals surface area contributed by atoms with Crippen molar-refractivity contribution in [3.05, 3.63) is 36.0 Å². The average molecular weight is 397 g/mol. The molecule has 0 bridgehead atoms. The van der Waals surface area contributed by atoms with E-state index in [0.29, 0.717) is 17.9 Å². The summed E-state index contributed by atoms with van der Waals surface area (Å²) in [6.45, 7) is 6.01. The molecule has 2 rings (SSSR count). The molecule has 0 amide bonds. The van der Waals surface area contributed by atoms with Crippen molar-refractivity contribution in [2.75, 3.05) is 18.6 Å². The average Bonchev–Trinajstić information content (AvgIpc) is 2.63. The molecule has 0 N–H and O–H groups in total. The highest BCUT2D eigenvalue weighted by Crippen LogP contribution is 2.36. The molecule has 0 atom stereocenters. The Bertz CT molecular complexity index is 767. The molecule has 0 spiro atoms. The number of ether oxygens (including phenoxy) is 2. The molecule has 0 saturated carbocycles. The van der Waals surface area contributed by atoms with Crippen LogP contribution in [0.1, 0.15) is 45.6 Å². The first-order valence-electron chi connectivity index (χ1n) is 9.29. The fourth-order valence-electron chi connectivity index (χ4n) is 2.50. The van der Waals surface area contributed by atoms with Crippen molar-refractivity contribution < 1.29 is 22.6 Å². The largest absolute Gasteiger partial charge is 0.491 e. The first-order chi connectivity index (χ1) is 13.2. The minimum Gasteiger partial charge on any atom is -0.491 e. The highest BCUT2D eigenvalue weighted by Gasteiger charge is 2.36. The second-order valence-corrected chi connectivity index (χ2v) is 6.67. The normalized spacial score (nSPS) is 11.6. The van der Waals surface area contributed by atoms with Crippen molar-refractivity contribution in [2.45, 2.75) is 52.3 Å². The second kappa shape index (κ2) is 9.61. The molecule has 0 unspecified atom stereocenters. The molecule has 1 heterocycles. The van der Waals surface area contributed by atoms with E-state index in [0.717, 1.165) is 19.0 Å². The molecule has 0 aliphatic rings. The van der Waals surface area contributed by atoms with Gasteiger partial charge in [-0.25, -0.2) is 4.98 Å². The summed E-state index contributed by atoms with van der Waals surface area (Å²) in [6, 6.07) is 7.20. The Hall–Kier alpha value is -2.51. The zero-order chi connectivity index (χ0) is 20.7. The molecule has 0 radical (unpaired) electrons. The molecular weight excluding hydrogens is 371 g/mol. The van der Waals surface area contributed by atoms with Crippen LogP contribution in [0, 0.1) is 0 Å². The number of nitrogens with zero attached hydrogens (tertiary/aromatic N) is 3. The number of benzene rings is 1. The number of hydrogen-bond donors (Lipinski definition) is 0. The summed E-state index contributed by atoms with van der Waals surface area (Å²) in [5.41, 5.74) is -0.284. The number of halogens is 3. The van der Waals surface area contributed by atoms with Gasteiger partial charge in [-0.1, -0.05) is 25.8 Å². The van der Waals surface area contributed by atoms with Crippen LogP contribution in [0.3, 0.4) is 0 Å². The molecule has 28 heavy (non-hydrogen) atoms.